The molecule has 0 aliphatic carbocycles. The maximum atomic E-state index is 13.4. The third-order valence-corrected chi connectivity index (χ3v) is 2.77. The maximum Gasteiger partial charge on any atom is 0.143 e. The van der Waals surface area contributed by atoms with Crippen LogP contribution in [0.5, 0.6) is 0 Å². The first-order valence-electron chi connectivity index (χ1n) is 5.66. The highest BCUT2D eigenvalue weighted by molar-refractivity contribution is 6.30. The molecule has 1 aromatic carbocycles. The Labute approximate surface area is 110 Å². The van der Waals surface area contributed by atoms with E-state index >= 15 is 0 Å². The minimum Gasteiger partial charge on any atom is -0.309 e. The standard InChI is InChI=1S/C12H14ClFN4/c1-8(2)15-6-10-7-16-17-18(10)9-3-4-11(13)12(14)5-9/h3-5,7-8,15H,6H2,1-2H3. The first-order chi connectivity index (χ1) is 8.58. The molecular weight excluding hydrogens is 255 g/mol. The van der Waals surface area contributed by atoms with E-state index in [1.807, 2.05) is 0 Å². The van der Waals surface area contributed by atoms with E-state index in [9.17, 15) is 4.39 Å². The molecule has 0 unspecified atom stereocenters. The van der Waals surface area contributed by atoms with E-state index < -0.39 is 5.82 Å². The summed E-state index contributed by atoms with van der Waals surface area (Å²) in [6.07, 6.45) is 1.65. The van der Waals surface area contributed by atoms with E-state index in [1.54, 1.807) is 16.9 Å². The van der Waals surface area contributed by atoms with Crippen molar-refractivity contribution in [2.24, 2.45) is 0 Å². The van der Waals surface area contributed by atoms with E-state index in [0.717, 1.165) is 5.69 Å². The van der Waals surface area contributed by atoms with Crippen LogP contribution in [0.4, 0.5) is 4.39 Å². The topological polar surface area (TPSA) is 42.7 Å². The minimum atomic E-state index is -0.465. The molecule has 0 atom stereocenters. The summed E-state index contributed by atoms with van der Waals surface area (Å²) >= 11 is 5.65. The molecular formula is C12H14ClFN4. The van der Waals surface area contributed by atoms with Gasteiger partial charge in [-0.3, -0.25) is 0 Å². The molecule has 1 aromatic heterocycles. The molecule has 0 fully saturated rings. The lowest BCUT2D eigenvalue weighted by molar-refractivity contribution is 0.569. The van der Waals surface area contributed by atoms with Crippen molar-refractivity contribution in [1.82, 2.24) is 20.3 Å². The maximum absolute atomic E-state index is 13.4. The van der Waals surface area contributed by atoms with Crippen molar-refractivity contribution in [1.29, 1.82) is 0 Å². The van der Waals surface area contributed by atoms with Crippen LogP contribution in [-0.2, 0) is 6.54 Å². The predicted octanol–water partition coefficient (Wildman–Crippen LogP) is 2.56. The highest BCUT2D eigenvalue weighted by Crippen LogP contribution is 2.18. The van der Waals surface area contributed by atoms with Gasteiger partial charge >= 0.3 is 0 Å². The summed E-state index contributed by atoms with van der Waals surface area (Å²) in [5.41, 5.74) is 1.47. The molecule has 0 spiro atoms. The fourth-order valence-corrected chi connectivity index (χ4v) is 1.64. The molecule has 0 saturated carbocycles. The predicted molar refractivity (Wildman–Crippen MR) is 68.3 cm³/mol. The summed E-state index contributed by atoms with van der Waals surface area (Å²) in [5.74, 6) is -0.465. The Morgan fingerprint density at radius 2 is 2.22 bits per heavy atom. The van der Waals surface area contributed by atoms with Gasteiger partial charge in [0, 0.05) is 18.7 Å². The quantitative estimate of drug-likeness (QED) is 0.927. The van der Waals surface area contributed by atoms with Crippen LogP contribution < -0.4 is 5.32 Å². The molecule has 0 radical (unpaired) electrons. The molecule has 1 N–H and O–H groups in total. The Hall–Kier alpha value is -1.46. The van der Waals surface area contributed by atoms with E-state index in [4.69, 9.17) is 11.6 Å². The van der Waals surface area contributed by atoms with Crippen molar-refractivity contribution in [3.05, 3.63) is 40.9 Å². The first-order valence-corrected chi connectivity index (χ1v) is 6.04. The lowest BCUT2D eigenvalue weighted by atomic mass is 10.3. The molecule has 2 aromatic rings. The van der Waals surface area contributed by atoms with E-state index in [1.165, 1.54) is 12.1 Å². The largest absolute Gasteiger partial charge is 0.309 e. The fraction of sp³-hybridized carbons (Fsp3) is 0.333. The van der Waals surface area contributed by atoms with Gasteiger partial charge in [-0.2, -0.15) is 0 Å². The van der Waals surface area contributed by atoms with Crippen LogP contribution in [0, 0.1) is 5.82 Å². The zero-order valence-corrected chi connectivity index (χ0v) is 10.9. The zero-order valence-electron chi connectivity index (χ0n) is 10.2. The van der Waals surface area contributed by atoms with Gasteiger partial charge in [-0.1, -0.05) is 30.7 Å². The van der Waals surface area contributed by atoms with Gasteiger partial charge < -0.3 is 5.32 Å². The van der Waals surface area contributed by atoms with Gasteiger partial charge in [0.2, 0.25) is 0 Å². The van der Waals surface area contributed by atoms with Crippen LogP contribution in [0.25, 0.3) is 5.69 Å². The van der Waals surface area contributed by atoms with Gasteiger partial charge in [0.05, 0.1) is 22.6 Å². The third-order valence-electron chi connectivity index (χ3n) is 2.46. The Bertz CT molecular complexity index is 539. The number of hydrogen-bond donors (Lipinski definition) is 1. The molecule has 0 aliphatic heterocycles. The van der Waals surface area contributed by atoms with Crippen molar-refractivity contribution in [2.75, 3.05) is 0 Å². The second-order valence-corrected chi connectivity index (χ2v) is 4.68. The van der Waals surface area contributed by atoms with Gasteiger partial charge in [0.1, 0.15) is 5.82 Å². The summed E-state index contributed by atoms with van der Waals surface area (Å²) in [4.78, 5) is 0. The summed E-state index contributed by atoms with van der Waals surface area (Å²) in [6, 6.07) is 4.91. The Balaban J connectivity index is 2.27. The van der Waals surface area contributed by atoms with E-state index in [2.05, 4.69) is 29.5 Å². The molecule has 2 rings (SSSR count). The molecule has 0 amide bonds. The van der Waals surface area contributed by atoms with Gasteiger partial charge in [-0.25, -0.2) is 9.07 Å². The van der Waals surface area contributed by atoms with Gasteiger partial charge in [-0.05, 0) is 12.1 Å². The minimum absolute atomic E-state index is 0.0979. The highest BCUT2D eigenvalue weighted by atomic mass is 35.5. The molecule has 4 nitrogen and oxygen atoms in total. The summed E-state index contributed by atoms with van der Waals surface area (Å²) in [6.45, 7) is 4.72. The number of nitrogens with zero attached hydrogens (tertiary/aromatic N) is 3. The van der Waals surface area contributed by atoms with Crippen molar-refractivity contribution >= 4 is 11.6 Å². The summed E-state index contributed by atoms with van der Waals surface area (Å²) in [5, 5.41) is 11.2. The van der Waals surface area contributed by atoms with Crippen LogP contribution in [0.2, 0.25) is 5.02 Å². The Morgan fingerprint density at radius 3 is 2.89 bits per heavy atom. The molecule has 1 heterocycles. The number of halogens is 2. The SMILES string of the molecule is CC(C)NCc1cnnn1-c1ccc(Cl)c(F)c1. The van der Waals surface area contributed by atoms with Crippen LogP contribution in [0.1, 0.15) is 19.5 Å². The van der Waals surface area contributed by atoms with Crippen molar-refractivity contribution in [2.45, 2.75) is 26.4 Å². The summed E-state index contributed by atoms with van der Waals surface area (Å²) < 4.78 is 15.0. The van der Waals surface area contributed by atoms with Gasteiger partial charge in [-0.15, -0.1) is 5.10 Å². The normalized spacial score (nSPS) is 11.2. The Kier molecular flexibility index (Phi) is 3.93. The number of hydrogen-bond acceptors (Lipinski definition) is 3. The van der Waals surface area contributed by atoms with Crippen molar-refractivity contribution in [3.63, 3.8) is 0 Å². The molecule has 0 bridgehead atoms. The second-order valence-electron chi connectivity index (χ2n) is 4.27. The third kappa shape index (κ3) is 2.86. The van der Waals surface area contributed by atoms with Crippen molar-refractivity contribution in [3.8, 4) is 5.69 Å². The first kappa shape index (κ1) is 13.0. The van der Waals surface area contributed by atoms with Gasteiger partial charge in [0.15, 0.2) is 0 Å². The lowest BCUT2D eigenvalue weighted by Gasteiger charge is -2.10. The van der Waals surface area contributed by atoms with Gasteiger partial charge in [0.25, 0.3) is 0 Å². The number of rotatable bonds is 4. The smallest absolute Gasteiger partial charge is 0.143 e. The second kappa shape index (κ2) is 5.46. The molecule has 0 aliphatic rings. The van der Waals surface area contributed by atoms with Crippen LogP contribution in [-0.4, -0.2) is 21.0 Å². The van der Waals surface area contributed by atoms with E-state index in [-0.39, 0.29) is 5.02 Å². The lowest BCUT2D eigenvalue weighted by Crippen LogP contribution is -2.23. The summed E-state index contributed by atoms with van der Waals surface area (Å²) in [7, 11) is 0. The average molecular weight is 269 g/mol. The average Bonchev–Trinajstić information content (AvgIpc) is 2.78. The molecule has 0 saturated heterocycles. The monoisotopic (exact) mass is 268 g/mol. The number of aromatic nitrogens is 3. The van der Waals surface area contributed by atoms with Crippen molar-refractivity contribution < 1.29 is 4.39 Å². The fourth-order valence-electron chi connectivity index (χ4n) is 1.52. The number of benzene rings is 1. The van der Waals surface area contributed by atoms with E-state index in [0.29, 0.717) is 18.3 Å². The Morgan fingerprint density at radius 1 is 1.44 bits per heavy atom. The number of nitrogens with one attached hydrogen (secondary N) is 1. The zero-order chi connectivity index (χ0) is 13.1. The van der Waals surface area contributed by atoms with Crippen LogP contribution in [0.15, 0.2) is 24.4 Å². The molecule has 96 valence electrons. The molecule has 6 heteroatoms. The van der Waals surface area contributed by atoms with Crippen LogP contribution in [0.3, 0.4) is 0 Å². The van der Waals surface area contributed by atoms with Crippen LogP contribution >= 0.6 is 11.6 Å². The highest BCUT2D eigenvalue weighted by Gasteiger charge is 2.09. The molecule has 18 heavy (non-hydrogen) atoms.